The number of hydrogen-bond acceptors (Lipinski definition) is 3. The molecule has 0 aliphatic heterocycles. The predicted molar refractivity (Wildman–Crippen MR) is 303 cm³/mol. The quantitative estimate of drug-likeness (QED) is 0.0420. The van der Waals surface area contributed by atoms with E-state index in [0.717, 1.165) is 83.5 Å². The minimum absolute atomic E-state index is 0.0854. The molecule has 68 heavy (non-hydrogen) atoms. The Morgan fingerprint density at radius 3 is 1.03 bits per heavy atom. The number of carbonyl (C=O) groups excluding carboxylic acids is 1. The Balaban J connectivity index is 3.61. The van der Waals surface area contributed by atoms with Crippen LogP contribution >= 0.6 is 0 Å². The molecular formula is C64H111NO3. The fourth-order valence-corrected chi connectivity index (χ4v) is 8.33. The van der Waals surface area contributed by atoms with Crippen LogP contribution in [0.3, 0.4) is 0 Å². The number of aliphatic hydroxyl groups is 2. The van der Waals surface area contributed by atoms with Crippen LogP contribution in [0.15, 0.2) is 109 Å². The van der Waals surface area contributed by atoms with Gasteiger partial charge in [0.15, 0.2) is 0 Å². The van der Waals surface area contributed by atoms with Gasteiger partial charge < -0.3 is 15.5 Å². The van der Waals surface area contributed by atoms with Gasteiger partial charge in [-0.15, -0.1) is 0 Å². The lowest BCUT2D eigenvalue weighted by molar-refractivity contribution is -0.123. The molecule has 0 aliphatic carbocycles. The fourth-order valence-electron chi connectivity index (χ4n) is 8.33. The summed E-state index contributed by atoms with van der Waals surface area (Å²) in [7, 11) is 0. The third-order valence-electron chi connectivity index (χ3n) is 12.7. The molecule has 0 radical (unpaired) electrons. The lowest BCUT2D eigenvalue weighted by atomic mass is 10.0. The standard InChI is InChI=1S/C64H111NO3/c1-3-5-7-9-11-13-15-17-19-21-23-25-27-29-31-32-34-36-38-40-42-44-46-48-50-52-54-56-58-60-64(68)65-62(61-66)63(67)59-57-55-53-51-49-47-45-43-41-39-37-35-33-30-28-26-24-22-20-18-16-14-12-10-8-6-4-2/h5,7,11,13,17,19,23,25,29,31,34,36,41,43,49,51,57,59,62-63,66-67H,3-4,6,8-10,12,14-16,18,20-22,24,26-28,30,32-33,35,37-40,42,44-48,50,52-56,58,60-61H2,1-2H3,(H,65,68)/b7-5-,13-11-,19-17-,25-23-,31-29-,36-34-,43-41+,51-49+,59-57+. The highest BCUT2D eigenvalue weighted by Crippen LogP contribution is 2.16. The number of amides is 1. The van der Waals surface area contributed by atoms with Crippen molar-refractivity contribution in [3.05, 3.63) is 109 Å². The van der Waals surface area contributed by atoms with Crippen molar-refractivity contribution in [2.75, 3.05) is 6.61 Å². The fraction of sp³-hybridized carbons (Fsp3) is 0.703. The maximum atomic E-state index is 12.5. The monoisotopic (exact) mass is 942 g/mol. The zero-order chi connectivity index (χ0) is 49.2. The normalized spacial score (nSPS) is 13.6. The Morgan fingerprint density at radius 1 is 0.368 bits per heavy atom. The van der Waals surface area contributed by atoms with Crippen molar-refractivity contribution in [3.63, 3.8) is 0 Å². The first-order valence-electron chi connectivity index (χ1n) is 29.1. The second-order valence-corrected chi connectivity index (χ2v) is 19.3. The van der Waals surface area contributed by atoms with Gasteiger partial charge in [-0.2, -0.15) is 0 Å². The zero-order valence-corrected chi connectivity index (χ0v) is 44.8. The van der Waals surface area contributed by atoms with Crippen LogP contribution in [-0.4, -0.2) is 34.9 Å². The largest absolute Gasteiger partial charge is 0.394 e. The van der Waals surface area contributed by atoms with Crippen molar-refractivity contribution in [2.45, 2.75) is 283 Å². The molecule has 0 heterocycles. The average molecular weight is 943 g/mol. The van der Waals surface area contributed by atoms with Crippen LogP contribution in [-0.2, 0) is 4.79 Å². The maximum absolute atomic E-state index is 12.5. The molecule has 0 aromatic carbocycles. The third-order valence-corrected chi connectivity index (χ3v) is 12.7. The molecule has 0 aromatic rings. The topological polar surface area (TPSA) is 69.6 Å². The van der Waals surface area contributed by atoms with E-state index in [4.69, 9.17) is 0 Å². The molecule has 0 spiro atoms. The van der Waals surface area contributed by atoms with Gasteiger partial charge in [-0.3, -0.25) is 4.79 Å². The molecule has 2 unspecified atom stereocenters. The first-order valence-corrected chi connectivity index (χ1v) is 29.1. The van der Waals surface area contributed by atoms with E-state index >= 15 is 0 Å². The Bertz CT molecular complexity index is 1300. The summed E-state index contributed by atoms with van der Waals surface area (Å²) in [6, 6.07) is -0.657. The molecule has 3 N–H and O–H groups in total. The maximum Gasteiger partial charge on any atom is 0.220 e. The minimum atomic E-state index is -0.881. The van der Waals surface area contributed by atoms with Crippen molar-refractivity contribution < 1.29 is 15.0 Å². The predicted octanol–water partition coefficient (Wildman–Crippen LogP) is 19.5. The van der Waals surface area contributed by atoms with Gasteiger partial charge in [-0.05, 0) is 96.3 Å². The second-order valence-electron chi connectivity index (χ2n) is 19.3. The van der Waals surface area contributed by atoms with Gasteiger partial charge in [0, 0.05) is 6.42 Å². The lowest BCUT2D eigenvalue weighted by Gasteiger charge is -2.19. The number of aliphatic hydroxyl groups excluding tert-OH is 2. The molecule has 0 rings (SSSR count). The number of hydrogen-bond donors (Lipinski definition) is 3. The number of rotatable bonds is 52. The molecular weight excluding hydrogens is 831 g/mol. The van der Waals surface area contributed by atoms with Gasteiger partial charge in [0.2, 0.25) is 5.91 Å². The summed E-state index contributed by atoms with van der Waals surface area (Å²) >= 11 is 0. The summed E-state index contributed by atoms with van der Waals surface area (Å²) < 4.78 is 0. The second kappa shape index (κ2) is 58.4. The van der Waals surface area contributed by atoms with E-state index in [1.165, 1.54) is 167 Å². The van der Waals surface area contributed by atoms with Crippen LogP contribution in [0.25, 0.3) is 0 Å². The van der Waals surface area contributed by atoms with Crippen LogP contribution in [0.2, 0.25) is 0 Å². The highest BCUT2D eigenvalue weighted by Gasteiger charge is 2.18. The Labute approximate surface area is 423 Å². The van der Waals surface area contributed by atoms with Gasteiger partial charge in [0.25, 0.3) is 0 Å². The smallest absolute Gasteiger partial charge is 0.220 e. The summed E-state index contributed by atoms with van der Waals surface area (Å²) in [5, 5.41) is 23.2. The van der Waals surface area contributed by atoms with Gasteiger partial charge in [-0.25, -0.2) is 0 Å². The van der Waals surface area contributed by atoms with E-state index in [2.05, 4.69) is 116 Å². The molecule has 0 aliphatic rings. The molecule has 0 saturated heterocycles. The highest BCUT2D eigenvalue weighted by atomic mass is 16.3. The van der Waals surface area contributed by atoms with E-state index in [-0.39, 0.29) is 12.5 Å². The highest BCUT2D eigenvalue weighted by molar-refractivity contribution is 5.76. The average Bonchev–Trinajstić information content (AvgIpc) is 3.34. The summed E-state index contributed by atoms with van der Waals surface area (Å²) in [6.07, 6.45) is 88.2. The molecule has 2 atom stereocenters. The summed E-state index contributed by atoms with van der Waals surface area (Å²) in [5.74, 6) is -0.0854. The van der Waals surface area contributed by atoms with Crippen LogP contribution in [0.1, 0.15) is 271 Å². The minimum Gasteiger partial charge on any atom is -0.394 e. The Kier molecular flexibility index (Phi) is 55.8. The van der Waals surface area contributed by atoms with E-state index in [1.807, 2.05) is 6.08 Å². The number of unbranched alkanes of at least 4 members (excludes halogenated alkanes) is 29. The van der Waals surface area contributed by atoms with Crippen LogP contribution in [0.5, 0.6) is 0 Å². The first kappa shape index (κ1) is 65.0. The van der Waals surface area contributed by atoms with Crippen LogP contribution in [0, 0.1) is 0 Å². The third kappa shape index (κ3) is 54.0. The molecule has 4 nitrogen and oxygen atoms in total. The Morgan fingerprint density at radius 2 is 0.662 bits per heavy atom. The van der Waals surface area contributed by atoms with E-state index in [9.17, 15) is 15.0 Å². The first-order chi connectivity index (χ1) is 33.7. The van der Waals surface area contributed by atoms with Crippen LogP contribution < -0.4 is 5.32 Å². The molecule has 1 amide bonds. The van der Waals surface area contributed by atoms with Crippen molar-refractivity contribution in [1.29, 1.82) is 0 Å². The molecule has 4 heteroatoms. The van der Waals surface area contributed by atoms with Gasteiger partial charge in [-0.1, -0.05) is 277 Å². The number of carbonyl (C=O) groups is 1. The summed E-state index contributed by atoms with van der Waals surface area (Å²) in [4.78, 5) is 12.5. The van der Waals surface area contributed by atoms with Gasteiger partial charge >= 0.3 is 0 Å². The summed E-state index contributed by atoms with van der Waals surface area (Å²) in [5.41, 5.74) is 0. The SMILES string of the molecule is CC/C=C\C/C=C\C/C=C\C/C=C\C/C=C\C/C=C\CCCCCCCCCCCCC(=O)NC(CO)C(O)/C=C/CC/C=C/CC/C=C/CCCCCCCCCCCCCCCCCCC. The molecule has 0 aromatic heterocycles. The molecule has 0 saturated carbocycles. The van der Waals surface area contributed by atoms with Gasteiger partial charge in [0.05, 0.1) is 18.8 Å². The zero-order valence-electron chi connectivity index (χ0n) is 44.8. The van der Waals surface area contributed by atoms with Crippen LogP contribution in [0.4, 0.5) is 0 Å². The molecule has 0 fully saturated rings. The van der Waals surface area contributed by atoms with E-state index in [0.29, 0.717) is 6.42 Å². The molecule has 0 bridgehead atoms. The van der Waals surface area contributed by atoms with Crippen molar-refractivity contribution in [2.24, 2.45) is 0 Å². The number of allylic oxidation sites excluding steroid dienone is 17. The Hall–Kier alpha value is -2.95. The number of nitrogens with one attached hydrogen (secondary N) is 1. The lowest BCUT2D eigenvalue weighted by Crippen LogP contribution is -2.45. The van der Waals surface area contributed by atoms with E-state index < -0.39 is 12.1 Å². The van der Waals surface area contributed by atoms with Crippen molar-refractivity contribution in [3.8, 4) is 0 Å². The summed E-state index contributed by atoms with van der Waals surface area (Å²) in [6.45, 7) is 4.19. The molecule has 390 valence electrons. The van der Waals surface area contributed by atoms with E-state index in [1.54, 1.807) is 6.08 Å². The van der Waals surface area contributed by atoms with Crippen molar-refractivity contribution in [1.82, 2.24) is 5.32 Å². The van der Waals surface area contributed by atoms with Crippen molar-refractivity contribution >= 4 is 5.91 Å². The van der Waals surface area contributed by atoms with Gasteiger partial charge in [0.1, 0.15) is 0 Å².